The molecule has 1 aromatic rings. The van der Waals surface area contributed by atoms with Crippen LogP contribution in [0.2, 0.25) is 0 Å². The highest BCUT2D eigenvalue weighted by Gasteiger charge is 2.27. The molecule has 22 heavy (non-hydrogen) atoms. The van der Waals surface area contributed by atoms with Gasteiger partial charge in [-0.15, -0.1) is 0 Å². The monoisotopic (exact) mass is 305 g/mol. The second-order valence-electron chi connectivity index (χ2n) is 5.43. The van der Waals surface area contributed by atoms with Crippen molar-refractivity contribution in [2.24, 2.45) is 5.92 Å². The van der Waals surface area contributed by atoms with Gasteiger partial charge in [-0.05, 0) is 37.0 Å². The highest BCUT2D eigenvalue weighted by molar-refractivity contribution is 5.93. The smallest absolute Gasteiger partial charge is 0.338 e. The molecule has 0 bridgehead atoms. The van der Waals surface area contributed by atoms with E-state index in [2.05, 4.69) is 4.90 Å². The minimum Gasteiger partial charge on any atom is -0.469 e. The first-order valence-corrected chi connectivity index (χ1v) is 7.65. The summed E-state index contributed by atoms with van der Waals surface area (Å²) in [5, 5.41) is 0. The van der Waals surface area contributed by atoms with Gasteiger partial charge >= 0.3 is 11.9 Å². The Kier molecular flexibility index (Phi) is 5.41. The van der Waals surface area contributed by atoms with Gasteiger partial charge in [0.1, 0.15) is 0 Å². The molecule has 0 atom stereocenters. The van der Waals surface area contributed by atoms with E-state index < -0.39 is 0 Å². The first kappa shape index (κ1) is 16.3. The van der Waals surface area contributed by atoms with E-state index in [9.17, 15) is 9.59 Å². The van der Waals surface area contributed by atoms with E-state index in [1.165, 1.54) is 14.2 Å². The Hall–Kier alpha value is -2.04. The number of hydrogen-bond acceptors (Lipinski definition) is 5. The van der Waals surface area contributed by atoms with Gasteiger partial charge in [-0.1, -0.05) is 13.0 Å². The van der Waals surface area contributed by atoms with Gasteiger partial charge in [-0.25, -0.2) is 4.79 Å². The number of hydrogen-bond donors (Lipinski definition) is 0. The zero-order valence-electron chi connectivity index (χ0n) is 13.4. The molecule has 1 aliphatic rings. The van der Waals surface area contributed by atoms with Crippen LogP contribution in [0, 0.1) is 5.92 Å². The number of methoxy groups -OCH3 is 2. The fourth-order valence-electron chi connectivity index (χ4n) is 3.07. The zero-order chi connectivity index (χ0) is 16.1. The van der Waals surface area contributed by atoms with E-state index in [-0.39, 0.29) is 17.9 Å². The number of carbonyl (C=O) groups is 2. The first-order valence-electron chi connectivity index (χ1n) is 7.65. The molecule has 120 valence electrons. The van der Waals surface area contributed by atoms with Crippen molar-refractivity contribution in [3.63, 3.8) is 0 Å². The number of anilines is 1. The lowest BCUT2D eigenvalue weighted by Gasteiger charge is -2.34. The molecule has 0 spiro atoms. The Labute approximate surface area is 131 Å². The highest BCUT2D eigenvalue weighted by Crippen LogP contribution is 2.29. The number of rotatable bonds is 4. The maximum absolute atomic E-state index is 11.9. The molecule has 5 nitrogen and oxygen atoms in total. The summed E-state index contributed by atoms with van der Waals surface area (Å²) in [7, 11) is 2.83. The van der Waals surface area contributed by atoms with Crippen molar-refractivity contribution in [3.8, 4) is 0 Å². The Morgan fingerprint density at radius 3 is 2.41 bits per heavy atom. The summed E-state index contributed by atoms with van der Waals surface area (Å²) in [5.41, 5.74) is 2.69. The molecule has 1 fully saturated rings. The average Bonchev–Trinajstić information content (AvgIpc) is 2.59. The Balaban J connectivity index is 2.20. The van der Waals surface area contributed by atoms with Crippen molar-refractivity contribution in [1.29, 1.82) is 0 Å². The van der Waals surface area contributed by atoms with Crippen LogP contribution in [0.4, 0.5) is 5.69 Å². The first-order chi connectivity index (χ1) is 10.6. The van der Waals surface area contributed by atoms with E-state index in [1.807, 2.05) is 19.1 Å². The standard InChI is InChI=1S/C17H23NO4/c1-4-13-14(17(20)22-3)6-5-7-15(13)18-10-8-12(9-11-18)16(19)21-2/h5-7,12H,4,8-11H2,1-3H3. The van der Waals surface area contributed by atoms with Crippen LogP contribution >= 0.6 is 0 Å². The van der Waals surface area contributed by atoms with Crippen molar-refractivity contribution in [2.45, 2.75) is 26.2 Å². The van der Waals surface area contributed by atoms with Gasteiger partial charge in [-0.2, -0.15) is 0 Å². The van der Waals surface area contributed by atoms with Crippen LogP contribution in [0.3, 0.4) is 0 Å². The Morgan fingerprint density at radius 2 is 1.86 bits per heavy atom. The SMILES string of the molecule is CCc1c(C(=O)OC)cccc1N1CCC(C(=O)OC)CC1. The number of esters is 2. The molecule has 0 saturated carbocycles. The Morgan fingerprint density at radius 1 is 1.18 bits per heavy atom. The second-order valence-corrected chi connectivity index (χ2v) is 5.43. The van der Waals surface area contributed by atoms with Crippen molar-refractivity contribution in [3.05, 3.63) is 29.3 Å². The van der Waals surface area contributed by atoms with Crippen LogP contribution in [0.1, 0.15) is 35.7 Å². The second kappa shape index (κ2) is 7.29. The fraction of sp³-hybridized carbons (Fsp3) is 0.529. The van der Waals surface area contributed by atoms with Crippen molar-refractivity contribution >= 4 is 17.6 Å². The molecule has 0 radical (unpaired) electrons. The predicted molar refractivity (Wildman–Crippen MR) is 84.1 cm³/mol. The van der Waals surface area contributed by atoms with Crippen molar-refractivity contribution < 1.29 is 19.1 Å². The third-order valence-corrected chi connectivity index (χ3v) is 4.28. The largest absolute Gasteiger partial charge is 0.469 e. The molecule has 0 aromatic heterocycles. The number of nitrogens with zero attached hydrogens (tertiary/aromatic N) is 1. The van der Waals surface area contributed by atoms with Crippen LogP contribution in [0.25, 0.3) is 0 Å². The number of benzene rings is 1. The van der Waals surface area contributed by atoms with Crippen molar-refractivity contribution in [2.75, 3.05) is 32.2 Å². The van der Waals surface area contributed by atoms with Crippen LogP contribution in [-0.4, -0.2) is 39.2 Å². The van der Waals surface area contributed by atoms with Gasteiger partial charge in [-0.3, -0.25) is 4.79 Å². The normalized spacial score (nSPS) is 15.5. The topological polar surface area (TPSA) is 55.8 Å². The van der Waals surface area contributed by atoms with Crippen molar-refractivity contribution in [1.82, 2.24) is 0 Å². The molecular formula is C17H23NO4. The maximum Gasteiger partial charge on any atom is 0.338 e. The molecule has 0 N–H and O–H groups in total. The minimum absolute atomic E-state index is 0.0184. The molecule has 0 unspecified atom stereocenters. The summed E-state index contributed by atoms with van der Waals surface area (Å²) in [4.78, 5) is 25.8. The molecule has 1 saturated heterocycles. The third-order valence-electron chi connectivity index (χ3n) is 4.28. The molecule has 0 aliphatic carbocycles. The van der Waals surface area contributed by atoms with E-state index in [1.54, 1.807) is 6.07 Å². The van der Waals surface area contributed by atoms with E-state index >= 15 is 0 Å². The van der Waals surface area contributed by atoms with E-state index in [0.29, 0.717) is 5.56 Å². The average molecular weight is 305 g/mol. The van der Waals surface area contributed by atoms with Crippen LogP contribution < -0.4 is 4.90 Å². The van der Waals surface area contributed by atoms with Gasteiger partial charge in [0, 0.05) is 18.8 Å². The summed E-state index contributed by atoms with van der Waals surface area (Å²) >= 11 is 0. The Bertz CT molecular complexity index is 548. The predicted octanol–water partition coefficient (Wildman–Crippen LogP) is 2.43. The molecular weight excluding hydrogens is 282 g/mol. The van der Waals surface area contributed by atoms with Gasteiger partial charge < -0.3 is 14.4 Å². The summed E-state index contributed by atoms with van der Waals surface area (Å²) in [6, 6.07) is 5.71. The van der Waals surface area contributed by atoms with Crippen LogP contribution in [-0.2, 0) is 20.7 Å². The molecule has 1 heterocycles. The summed E-state index contributed by atoms with van der Waals surface area (Å²) in [6.07, 6.45) is 2.31. The number of carbonyl (C=O) groups excluding carboxylic acids is 2. The van der Waals surface area contributed by atoms with Crippen LogP contribution in [0.15, 0.2) is 18.2 Å². The molecule has 5 heteroatoms. The van der Waals surface area contributed by atoms with E-state index in [0.717, 1.165) is 43.6 Å². The lowest BCUT2D eigenvalue weighted by Crippen LogP contribution is -2.37. The highest BCUT2D eigenvalue weighted by atomic mass is 16.5. The summed E-state index contributed by atoms with van der Waals surface area (Å²) in [5.74, 6) is -0.447. The third kappa shape index (κ3) is 3.24. The lowest BCUT2D eigenvalue weighted by molar-refractivity contribution is -0.146. The molecule has 2 rings (SSSR count). The van der Waals surface area contributed by atoms with Crippen LogP contribution in [0.5, 0.6) is 0 Å². The van der Waals surface area contributed by atoms with E-state index in [4.69, 9.17) is 9.47 Å². The van der Waals surface area contributed by atoms with Gasteiger partial charge in [0.05, 0.1) is 25.7 Å². The minimum atomic E-state index is -0.303. The molecule has 1 aliphatic heterocycles. The lowest BCUT2D eigenvalue weighted by atomic mass is 9.95. The maximum atomic E-state index is 11.9. The number of piperidine rings is 1. The quantitative estimate of drug-likeness (QED) is 0.800. The van der Waals surface area contributed by atoms with Gasteiger partial charge in [0.25, 0.3) is 0 Å². The molecule has 1 aromatic carbocycles. The van der Waals surface area contributed by atoms with Gasteiger partial charge in [0.2, 0.25) is 0 Å². The number of ether oxygens (including phenoxy) is 2. The van der Waals surface area contributed by atoms with Gasteiger partial charge in [0.15, 0.2) is 0 Å². The zero-order valence-corrected chi connectivity index (χ0v) is 13.4. The molecule has 0 amide bonds. The fourth-order valence-corrected chi connectivity index (χ4v) is 3.07. The summed E-state index contributed by atoms with van der Waals surface area (Å²) in [6.45, 7) is 3.61. The summed E-state index contributed by atoms with van der Waals surface area (Å²) < 4.78 is 9.69.